The van der Waals surface area contributed by atoms with Crippen molar-refractivity contribution in [3.8, 4) is 11.5 Å². The number of hydrogen-bond acceptors (Lipinski definition) is 3. The molecular formula is C12H14O3. The van der Waals surface area contributed by atoms with E-state index in [-0.39, 0.29) is 11.9 Å². The number of para-hydroxylation sites is 1. The zero-order valence-electron chi connectivity index (χ0n) is 8.95. The van der Waals surface area contributed by atoms with E-state index in [1.165, 1.54) is 0 Å². The Labute approximate surface area is 89.0 Å². The summed E-state index contributed by atoms with van der Waals surface area (Å²) in [5.74, 6) is 1.39. The van der Waals surface area contributed by atoms with Crippen LogP contribution in [0.25, 0.3) is 0 Å². The maximum absolute atomic E-state index is 11.6. The van der Waals surface area contributed by atoms with Crippen molar-refractivity contribution in [2.24, 2.45) is 0 Å². The number of fused-ring (bicyclic) bond motifs is 1. The molecule has 1 aliphatic rings. The van der Waals surface area contributed by atoms with Crippen molar-refractivity contribution < 1.29 is 14.3 Å². The first kappa shape index (κ1) is 10.0. The highest BCUT2D eigenvalue weighted by Gasteiger charge is 2.22. The number of benzene rings is 1. The maximum Gasteiger partial charge on any atom is 0.171 e. The van der Waals surface area contributed by atoms with Gasteiger partial charge in [0.15, 0.2) is 17.3 Å². The van der Waals surface area contributed by atoms with Gasteiger partial charge in [0.25, 0.3) is 0 Å². The van der Waals surface area contributed by atoms with Crippen LogP contribution in [0.4, 0.5) is 0 Å². The Hall–Kier alpha value is -1.51. The zero-order chi connectivity index (χ0) is 10.8. The minimum atomic E-state index is 0.0807. The van der Waals surface area contributed by atoms with Gasteiger partial charge in [0, 0.05) is 6.42 Å². The van der Waals surface area contributed by atoms with Crippen molar-refractivity contribution >= 4 is 5.78 Å². The second-order valence-corrected chi connectivity index (χ2v) is 3.82. The SMILES string of the molecule is CC(C)Oc1cccc2c1OCCC2=O. The van der Waals surface area contributed by atoms with Crippen molar-refractivity contribution in [3.63, 3.8) is 0 Å². The molecule has 0 aromatic heterocycles. The number of Topliss-reactive ketones (excluding diaryl/α,β-unsaturated/α-hetero) is 1. The predicted octanol–water partition coefficient (Wildman–Crippen LogP) is 2.44. The molecule has 0 unspecified atom stereocenters. The normalized spacial score (nSPS) is 14.7. The van der Waals surface area contributed by atoms with Crippen LogP contribution in [0.5, 0.6) is 11.5 Å². The van der Waals surface area contributed by atoms with Crippen LogP contribution in [0.1, 0.15) is 30.6 Å². The lowest BCUT2D eigenvalue weighted by molar-refractivity contribution is 0.0927. The van der Waals surface area contributed by atoms with Gasteiger partial charge in [-0.1, -0.05) is 6.07 Å². The summed E-state index contributed by atoms with van der Waals surface area (Å²) in [4.78, 5) is 11.6. The Morgan fingerprint density at radius 2 is 2.20 bits per heavy atom. The molecule has 0 amide bonds. The van der Waals surface area contributed by atoms with Gasteiger partial charge >= 0.3 is 0 Å². The van der Waals surface area contributed by atoms with Crippen molar-refractivity contribution in [2.75, 3.05) is 6.61 Å². The Morgan fingerprint density at radius 3 is 2.93 bits per heavy atom. The fourth-order valence-corrected chi connectivity index (χ4v) is 1.61. The molecule has 1 heterocycles. The van der Waals surface area contributed by atoms with Gasteiger partial charge in [-0.05, 0) is 26.0 Å². The summed E-state index contributed by atoms with van der Waals surface area (Å²) in [6, 6.07) is 5.44. The molecule has 1 aromatic carbocycles. The molecule has 2 rings (SSSR count). The third kappa shape index (κ3) is 1.96. The minimum absolute atomic E-state index is 0.0807. The van der Waals surface area contributed by atoms with Gasteiger partial charge in [0.05, 0.1) is 18.3 Å². The summed E-state index contributed by atoms with van der Waals surface area (Å²) >= 11 is 0. The van der Waals surface area contributed by atoms with E-state index >= 15 is 0 Å². The van der Waals surface area contributed by atoms with Crippen molar-refractivity contribution in [1.29, 1.82) is 0 Å². The lowest BCUT2D eigenvalue weighted by atomic mass is 10.0. The summed E-state index contributed by atoms with van der Waals surface area (Å²) < 4.78 is 11.1. The molecule has 0 saturated carbocycles. The number of ether oxygens (including phenoxy) is 2. The van der Waals surface area contributed by atoms with Crippen LogP contribution in [-0.4, -0.2) is 18.5 Å². The van der Waals surface area contributed by atoms with E-state index in [4.69, 9.17) is 9.47 Å². The predicted molar refractivity (Wildman–Crippen MR) is 56.6 cm³/mol. The topological polar surface area (TPSA) is 35.5 Å². The first-order valence-electron chi connectivity index (χ1n) is 5.14. The Morgan fingerprint density at radius 1 is 1.40 bits per heavy atom. The summed E-state index contributed by atoms with van der Waals surface area (Å²) in [5.41, 5.74) is 0.638. The third-order valence-electron chi connectivity index (χ3n) is 2.22. The van der Waals surface area contributed by atoms with Crippen LogP contribution < -0.4 is 9.47 Å². The molecule has 1 aliphatic heterocycles. The average molecular weight is 206 g/mol. The van der Waals surface area contributed by atoms with Gasteiger partial charge < -0.3 is 9.47 Å². The molecular weight excluding hydrogens is 192 g/mol. The number of rotatable bonds is 2. The average Bonchev–Trinajstić information content (AvgIpc) is 2.19. The van der Waals surface area contributed by atoms with E-state index in [1.807, 2.05) is 26.0 Å². The van der Waals surface area contributed by atoms with Crippen molar-refractivity contribution in [1.82, 2.24) is 0 Å². The fourth-order valence-electron chi connectivity index (χ4n) is 1.61. The fraction of sp³-hybridized carbons (Fsp3) is 0.417. The van der Waals surface area contributed by atoms with Crippen molar-refractivity contribution in [3.05, 3.63) is 23.8 Å². The Bertz CT molecular complexity index is 382. The van der Waals surface area contributed by atoms with Gasteiger partial charge in [0.2, 0.25) is 0 Å². The summed E-state index contributed by atoms with van der Waals surface area (Å²) in [5, 5.41) is 0. The summed E-state index contributed by atoms with van der Waals surface area (Å²) in [6.07, 6.45) is 0.537. The van der Waals surface area contributed by atoms with Gasteiger partial charge in [-0.25, -0.2) is 0 Å². The number of carbonyl (C=O) groups is 1. The van der Waals surface area contributed by atoms with Gasteiger partial charge in [-0.15, -0.1) is 0 Å². The number of carbonyl (C=O) groups excluding carboxylic acids is 1. The van der Waals surface area contributed by atoms with E-state index in [0.29, 0.717) is 30.1 Å². The van der Waals surface area contributed by atoms with E-state index in [2.05, 4.69) is 0 Å². The lowest BCUT2D eigenvalue weighted by Gasteiger charge is -2.20. The van der Waals surface area contributed by atoms with E-state index < -0.39 is 0 Å². The smallest absolute Gasteiger partial charge is 0.171 e. The molecule has 0 saturated heterocycles. The molecule has 80 valence electrons. The zero-order valence-corrected chi connectivity index (χ0v) is 8.95. The molecule has 15 heavy (non-hydrogen) atoms. The number of ketones is 1. The Kier molecular flexibility index (Phi) is 2.62. The molecule has 0 aliphatic carbocycles. The molecule has 0 bridgehead atoms. The van der Waals surface area contributed by atoms with Crippen LogP contribution in [0, 0.1) is 0 Å². The van der Waals surface area contributed by atoms with E-state index in [0.717, 1.165) is 0 Å². The monoisotopic (exact) mass is 206 g/mol. The lowest BCUT2D eigenvalue weighted by Crippen LogP contribution is -2.17. The first-order chi connectivity index (χ1) is 7.18. The van der Waals surface area contributed by atoms with Gasteiger partial charge in [-0.3, -0.25) is 4.79 Å². The number of hydrogen-bond donors (Lipinski definition) is 0. The van der Waals surface area contributed by atoms with Crippen LogP contribution in [0.3, 0.4) is 0 Å². The van der Waals surface area contributed by atoms with Crippen LogP contribution in [-0.2, 0) is 0 Å². The van der Waals surface area contributed by atoms with Crippen LogP contribution in [0.15, 0.2) is 18.2 Å². The molecule has 0 fully saturated rings. The van der Waals surface area contributed by atoms with Gasteiger partial charge in [-0.2, -0.15) is 0 Å². The second-order valence-electron chi connectivity index (χ2n) is 3.82. The van der Waals surface area contributed by atoms with E-state index in [1.54, 1.807) is 6.07 Å². The molecule has 1 aromatic rings. The highest BCUT2D eigenvalue weighted by molar-refractivity contribution is 6.00. The summed E-state index contributed by atoms with van der Waals surface area (Å²) in [6.45, 7) is 4.35. The van der Waals surface area contributed by atoms with Crippen LogP contribution in [0.2, 0.25) is 0 Å². The highest BCUT2D eigenvalue weighted by Crippen LogP contribution is 2.35. The molecule has 0 atom stereocenters. The summed E-state index contributed by atoms with van der Waals surface area (Å²) in [7, 11) is 0. The molecule has 3 heteroatoms. The van der Waals surface area contributed by atoms with Crippen LogP contribution >= 0.6 is 0 Å². The molecule has 0 N–H and O–H groups in total. The standard InChI is InChI=1S/C12H14O3/c1-8(2)15-11-5-3-4-9-10(13)6-7-14-12(9)11/h3-5,8H,6-7H2,1-2H3. The quantitative estimate of drug-likeness (QED) is 0.745. The van der Waals surface area contributed by atoms with Gasteiger partial charge in [0.1, 0.15) is 0 Å². The largest absolute Gasteiger partial charge is 0.488 e. The highest BCUT2D eigenvalue weighted by atomic mass is 16.5. The molecule has 0 spiro atoms. The van der Waals surface area contributed by atoms with Crippen molar-refractivity contribution in [2.45, 2.75) is 26.4 Å². The minimum Gasteiger partial charge on any atom is -0.488 e. The second kappa shape index (κ2) is 3.93. The maximum atomic E-state index is 11.6. The Balaban J connectivity index is 2.40. The molecule has 0 radical (unpaired) electrons. The first-order valence-corrected chi connectivity index (χ1v) is 5.14. The molecule has 3 nitrogen and oxygen atoms in total. The third-order valence-corrected chi connectivity index (χ3v) is 2.22. The van der Waals surface area contributed by atoms with E-state index in [9.17, 15) is 4.79 Å².